The van der Waals surface area contributed by atoms with Gasteiger partial charge in [-0.3, -0.25) is 9.48 Å². The van der Waals surface area contributed by atoms with Crippen molar-refractivity contribution in [2.24, 2.45) is 12.1 Å². The predicted molar refractivity (Wildman–Crippen MR) is 87.2 cm³/mol. The van der Waals surface area contributed by atoms with E-state index < -0.39 is 0 Å². The van der Waals surface area contributed by atoms with Gasteiger partial charge in [0.1, 0.15) is 5.69 Å². The van der Waals surface area contributed by atoms with Crippen LogP contribution < -0.4 is 5.43 Å². The second kappa shape index (κ2) is 6.64. The SMILES string of the molecule is CC/C(=N\NC(=O)c1c(Br)cnn1C)c1ccc(Br)s1. The van der Waals surface area contributed by atoms with Gasteiger partial charge in [0.25, 0.3) is 5.91 Å². The zero-order valence-electron chi connectivity index (χ0n) is 10.9. The fraction of sp³-hybridized carbons (Fsp3) is 0.250. The smallest absolute Gasteiger partial charge is 0.266 e. The lowest BCUT2D eigenvalue weighted by Gasteiger charge is -2.04. The van der Waals surface area contributed by atoms with E-state index in [1.807, 2.05) is 19.1 Å². The van der Waals surface area contributed by atoms with Gasteiger partial charge in [0, 0.05) is 7.05 Å². The number of carbonyl (C=O) groups is 1. The summed E-state index contributed by atoms with van der Waals surface area (Å²) >= 11 is 8.30. The molecule has 0 saturated heterocycles. The molecule has 106 valence electrons. The van der Waals surface area contributed by atoms with Crippen LogP contribution in [-0.4, -0.2) is 21.4 Å². The summed E-state index contributed by atoms with van der Waals surface area (Å²) in [5, 5.41) is 8.21. The predicted octanol–water partition coefficient (Wildman–Crippen LogP) is 3.55. The van der Waals surface area contributed by atoms with Gasteiger partial charge in [-0.05, 0) is 50.4 Å². The first-order valence-electron chi connectivity index (χ1n) is 5.83. The van der Waals surface area contributed by atoms with E-state index in [0.717, 1.165) is 20.8 Å². The number of rotatable bonds is 4. The van der Waals surface area contributed by atoms with Gasteiger partial charge in [-0.1, -0.05) is 6.92 Å². The first-order valence-corrected chi connectivity index (χ1v) is 8.23. The maximum Gasteiger partial charge on any atom is 0.290 e. The highest BCUT2D eigenvalue weighted by molar-refractivity contribution is 9.11. The number of amides is 1. The molecule has 0 unspecified atom stereocenters. The Labute approximate surface area is 137 Å². The molecule has 2 rings (SSSR count). The number of thiophene rings is 1. The van der Waals surface area contributed by atoms with Crippen LogP contribution in [-0.2, 0) is 7.05 Å². The van der Waals surface area contributed by atoms with Gasteiger partial charge in [-0.2, -0.15) is 10.2 Å². The molecule has 0 saturated carbocycles. The monoisotopic (exact) mass is 418 g/mol. The van der Waals surface area contributed by atoms with Crippen LogP contribution in [0.2, 0.25) is 0 Å². The molecule has 0 atom stereocenters. The zero-order chi connectivity index (χ0) is 14.7. The van der Waals surface area contributed by atoms with Gasteiger partial charge in [-0.15, -0.1) is 11.3 Å². The van der Waals surface area contributed by atoms with Crippen LogP contribution in [0.15, 0.2) is 31.7 Å². The number of halogens is 2. The summed E-state index contributed by atoms with van der Waals surface area (Å²) in [6.07, 6.45) is 2.32. The standard InChI is InChI=1S/C12H12Br2N4OS/c1-3-8(9-4-5-10(14)20-9)16-17-12(19)11-7(13)6-15-18(11)2/h4-6H,3H2,1-2H3,(H,17,19)/b16-8+. The Morgan fingerprint density at radius 1 is 1.50 bits per heavy atom. The van der Waals surface area contributed by atoms with Crippen LogP contribution in [0.5, 0.6) is 0 Å². The average molecular weight is 420 g/mol. The van der Waals surface area contributed by atoms with E-state index in [-0.39, 0.29) is 5.91 Å². The van der Waals surface area contributed by atoms with Gasteiger partial charge in [0.15, 0.2) is 0 Å². The summed E-state index contributed by atoms with van der Waals surface area (Å²) in [6.45, 7) is 2.00. The normalized spacial score (nSPS) is 11.7. The second-order valence-electron chi connectivity index (χ2n) is 3.92. The Morgan fingerprint density at radius 2 is 2.25 bits per heavy atom. The molecule has 0 fully saturated rings. The number of hydrogen-bond donors (Lipinski definition) is 1. The third-order valence-electron chi connectivity index (χ3n) is 2.59. The maximum absolute atomic E-state index is 12.1. The Morgan fingerprint density at radius 3 is 2.75 bits per heavy atom. The van der Waals surface area contributed by atoms with E-state index in [0.29, 0.717) is 10.2 Å². The lowest BCUT2D eigenvalue weighted by atomic mass is 10.2. The number of nitrogens with one attached hydrogen (secondary N) is 1. The summed E-state index contributed by atoms with van der Waals surface area (Å²) in [4.78, 5) is 13.1. The minimum atomic E-state index is -0.293. The quantitative estimate of drug-likeness (QED) is 0.608. The van der Waals surface area contributed by atoms with Crippen molar-refractivity contribution in [1.82, 2.24) is 15.2 Å². The molecule has 5 nitrogen and oxygen atoms in total. The van der Waals surface area contributed by atoms with E-state index in [1.54, 1.807) is 24.6 Å². The molecule has 0 bridgehead atoms. The van der Waals surface area contributed by atoms with Crippen molar-refractivity contribution >= 4 is 54.8 Å². The lowest BCUT2D eigenvalue weighted by molar-refractivity contribution is 0.0944. The molecule has 0 spiro atoms. The molecule has 2 aromatic heterocycles. The zero-order valence-corrected chi connectivity index (χ0v) is 14.8. The van der Waals surface area contributed by atoms with Crippen LogP contribution in [0.4, 0.5) is 0 Å². The van der Waals surface area contributed by atoms with Crippen molar-refractivity contribution in [3.05, 3.63) is 37.2 Å². The third kappa shape index (κ3) is 3.36. The molecule has 0 radical (unpaired) electrons. The molecule has 8 heteroatoms. The second-order valence-corrected chi connectivity index (χ2v) is 7.24. The summed E-state index contributed by atoms with van der Waals surface area (Å²) in [5.74, 6) is -0.293. The molecule has 1 amide bonds. The number of carbonyl (C=O) groups excluding carboxylic acids is 1. The highest BCUT2D eigenvalue weighted by Crippen LogP contribution is 2.23. The Bertz CT molecular complexity index is 643. The summed E-state index contributed by atoms with van der Waals surface area (Å²) in [5.41, 5.74) is 3.86. The number of aryl methyl sites for hydroxylation is 1. The number of nitrogens with zero attached hydrogens (tertiary/aromatic N) is 3. The van der Waals surface area contributed by atoms with Crippen molar-refractivity contribution in [1.29, 1.82) is 0 Å². The fourth-order valence-electron chi connectivity index (χ4n) is 1.62. The summed E-state index contributed by atoms with van der Waals surface area (Å²) in [6, 6.07) is 3.94. The van der Waals surface area contributed by atoms with Gasteiger partial charge in [-0.25, -0.2) is 5.43 Å². The summed E-state index contributed by atoms with van der Waals surface area (Å²) in [7, 11) is 1.71. The third-order valence-corrected chi connectivity index (χ3v) is 4.85. The minimum Gasteiger partial charge on any atom is -0.266 e. The van der Waals surface area contributed by atoms with Crippen molar-refractivity contribution in [3.63, 3.8) is 0 Å². The van der Waals surface area contributed by atoms with Crippen LogP contribution in [0.3, 0.4) is 0 Å². The molecule has 2 aromatic rings. The Kier molecular flexibility index (Phi) is 5.11. The molecule has 0 aliphatic heterocycles. The van der Waals surface area contributed by atoms with Crippen molar-refractivity contribution in [2.45, 2.75) is 13.3 Å². The topological polar surface area (TPSA) is 59.3 Å². The summed E-state index contributed by atoms with van der Waals surface area (Å²) < 4.78 is 3.18. The van der Waals surface area contributed by atoms with Crippen LogP contribution in [0, 0.1) is 0 Å². The van der Waals surface area contributed by atoms with Crippen molar-refractivity contribution in [2.75, 3.05) is 0 Å². The minimum absolute atomic E-state index is 0.293. The van der Waals surface area contributed by atoms with Crippen LogP contribution >= 0.6 is 43.2 Å². The maximum atomic E-state index is 12.1. The first kappa shape index (κ1) is 15.4. The van der Waals surface area contributed by atoms with Crippen molar-refractivity contribution in [3.8, 4) is 0 Å². The Hall–Kier alpha value is -0.990. The molecule has 0 aromatic carbocycles. The molecule has 0 aliphatic carbocycles. The van der Waals surface area contributed by atoms with E-state index in [2.05, 4.69) is 47.5 Å². The first-order chi connectivity index (χ1) is 9.52. The lowest BCUT2D eigenvalue weighted by Crippen LogP contribution is -2.22. The highest BCUT2D eigenvalue weighted by Gasteiger charge is 2.15. The molecule has 1 N–H and O–H groups in total. The fourth-order valence-corrected chi connectivity index (χ4v) is 3.59. The Balaban J connectivity index is 2.17. The van der Waals surface area contributed by atoms with E-state index in [9.17, 15) is 4.79 Å². The number of hydrogen-bond acceptors (Lipinski definition) is 4. The van der Waals surface area contributed by atoms with Gasteiger partial charge < -0.3 is 0 Å². The van der Waals surface area contributed by atoms with E-state index >= 15 is 0 Å². The average Bonchev–Trinajstić information content (AvgIpc) is 2.97. The van der Waals surface area contributed by atoms with E-state index in [1.165, 1.54) is 4.68 Å². The highest BCUT2D eigenvalue weighted by atomic mass is 79.9. The number of hydrazone groups is 1. The van der Waals surface area contributed by atoms with Gasteiger partial charge in [0.05, 0.1) is 25.0 Å². The van der Waals surface area contributed by atoms with Crippen LogP contribution in [0.1, 0.15) is 28.7 Å². The largest absolute Gasteiger partial charge is 0.290 e. The van der Waals surface area contributed by atoms with Crippen molar-refractivity contribution < 1.29 is 4.79 Å². The molecular formula is C12H12Br2N4OS. The number of aromatic nitrogens is 2. The molecule has 20 heavy (non-hydrogen) atoms. The molecule has 0 aliphatic rings. The van der Waals surface area contributed by atoms with Gasteiger partial charge in [0.2, 0.25) is 0 Å². The van der Waals surface area contributed by atoms with Crippen LogP contribution in [0.25, 0.3) is 0 Å². The molecule has 2 heterocycles. The molecular weight excluding hydrogens is 408 g/mol. The van der Waals surface area contributed by atoms with Gasteiger partial charge >= 0.3 is 0 Å². The van der Waals surface area contributed by atoms with E-state index in [4.69, 9.17) is 0 Å².